The minimum Gasteiger partial charge on any atom is -0.343 e. The molecule has 0 fully saturated rings. The molecule has 0 aromatic heterocycles. The number of nitrogens with zero attached hydrogens (tertiary/aromatic N) is 2. The molecule has 2 amide bonds. The van der Waals surface area contributed by atoms with Crippen molar-refractivity contribution in [2.45, 2.75) is 13.8 Å². The van der Waals surface area contributed by atoms with Crippen molar-refractivity contribution in [1.29, 1.82) is 0 Å². The lowest BCUT2D eigenvalue weighted by molar-refractivity contribution is -0.424. The standard InChI is InChI=1S/C16H18N4O4/c1-12(8-9-13(2)20(23)24)10-18-19-15(21)11-17-16(22)14-6-4-3-5-7-14/h3-10H,11H2,1-2H3,(H,17,22)(H,19,21)/b12-8+,13-9+,18-10+. The molecule has 0 atom stereocenters. The highest BCUT2D eigenvalue weighted by atomic mass is 16.6. The lowest BCUT2D eigenvalue weighted by atomic mass is 10.2. The molecule has 0 aliphatic heterocycles. The Bertz CT molecular complexity index is 693. The van der Waals surface area contributed by atoms with Crippen molar-refractivity contribution in [1.82, 2.24) is 10.7 Å². The number of hydrogen-bond donors (Lipinski definition) is 2. The zero-order valence-corrected chi connectivity index (χ0v) is 13.4. The molecule has 2 N–H and O–H groups in total. The average molecular weight is 330 g/mol. The van der Waals surface area contributed by atoms with E-state index in [0.29, 0.717) is 11.1 Å². The molecule has 8 heteroatoms. The highest BCUT2D eigenvalue weighted by molar-refractivity contribution is 5.96. The highest BCUT2D eigenvalue weighted by Gasteiger charge is 2.06. The maximum Gasteiger partial charge on any atom is 0.259 e. The van der Waals surface area contributed by atoms with Gasteiger partial charge < -0.3 is 5.32 Å². The van der Waals surface area contributed by atoms with Gasteiger partial charge >= 0.3 is 0 Å². The minimum atomic E-state index is -0.502. The number of nitro groups is 1. The number of benzene rings is 1. The third-order valence-electron chi connectivity index (χ3n) is 2.78. The number of hydrogen-bond acceptors (Lipinski definition) is 5. The van der Waals surface area contributed by atoms with E-state index in [2.05, 4.69) is 15.8 Å². The molecule has 0 heterocycles. The summed E-state index contributed by atoms with van der Waals surface area (Å²) in [7, 11) is 0. The van der Waals surface area contributed by atoms with Crippen LogP contribution in [0, 0.1) is 10.1 Å². The zero-order chi connectivity index (χ0) is 17.9. The molecule has 1 rings (SSSR count). The van der Waals surface area contributed by atoms with Crippen LogP contribution in [0.25, 0.3) is 0 Å². The van der Waals surface area contributed by atoms with Crippen molar-refractivity contribution in [3.05, 3.63) is 69.4 Å². The molecular formula is C16H18N4O4. The van der Waals surface area contributed by atoms with Crippen LogP contribution in [0.2, 0.25) is 0 Å². The first-order valence-electron chi connectivity index (χ1n) is 7.05. The van der Waals surface area contributed by atoms with E-state index in [0.717, 1.165) is 0 Å². The molecule has 0 aliphatic rings. The van der Waals surface area contributed by atoms with E-state index in [1.165, 1.54) is 25.3 Å². The van der Waals surface area contributed by atoms with E-state index >= 15 is 0 Å². The summed E-state index contributed by atoms with van der Waals surface area (Å²) >= 11 is 0. The van der Waals surface area contributed by atoms with Gasteiger partial charge in [-0.15, -0.1) is 0 Å². The SMILES string of the molecule is CC(/C=N/NC(=O)CNC(=O)c1ccccc1)=C\C=C(/C)[N+](=O)[O-]. The summed E-state index contributed by atoms with van der Waals surface area (Å²) in [5.41, 5.74) is 3.32. The van der Waals surface area contributed by atoms with Gasteiger partial charge in [0.15, 0.2) is 0 Å². The Hall–Kier alpha value is -3.29. The van der Waals surface area contributed by atoms with Gasteiger partial charge in [0.25, 0.3) is 11.8 Å². The molecular weight excluding hydrogens is 312 g/mol. The fraction of sp³-hybridized carbons (Fsp3) is 0.188. The average Bonchev–Trinajstić information content (AvgIpc) is 2.58. The number of carbonyl (C=O) groups is 2. The maximum atomic E-state index is 11.7. The van der Waals surface area contributed by atoms with Crippen molar-refractivity contribution in [2.24, 2.45) is 5.10 Å². The van der Waals surface area contributed by atoms with Gasteiger partial charge in [-0.05, 0) is 24.6 Å². The van der Waals surface area contributed by atoms with Crippen molar-refractivity contribution >= 4 is 18.0 Å². The molecule has 0 spiro atoms. The van der Waals surface area contributed by atoms with E-state index in [1.54, 1.807) is 37.3 Å². The van der Waals surface area contributed by atoms with Crippen molar-refractivity contribution < 1.29 is 14.5 Å². The number of hydrazone groups is 1. The van der Waals surface area contributed by atoms with Gasteiger partial charge in [-0.1, -0.05) is 24.3 Å². The number of amides is 2. The zero-order valence-electron chi connectivity index (χ0n) is 13.4. The van der Waals surface area contributed by atoms with Crippen LogP contribution in [-0.4, -0.2) is 29.5 Å². The van der Waals surface area contributed by atoms with Crippen LogP contribution in [0.15, 0.2) is 58.9 Å². The Morgan fingerprint density at radius 1 is 1.21 bits per heavy atom. The van der Waals surface area contributed by atoms with E-state index in [1.807, 2.05) is 0 Å². The molecule has 0 saturated heterocycles. The molecule has 0 radical (unpaired) electrons. The summed E-state index contributed by atoms with van der Waals surface area (Å²) in [6.45, 7) is 2.84. The predicted molar refractivity (Wildman–Crippen MR) is 89.9 cm³/mol. The van der Waals surface area contributed by atoms with Crippen LogP contribution in [0.4, 0.5) is 0 Å². The molecule has 8 nitrogen and oxygen atoms in total. The van der Waals surface area contributed by atoms with Gasteiger partial charge in [0.1, 0.15) is 0 Å². The van der Waals surface area contributed by atoms with Gasteiger partial charge in [0.05, 0.1) is 17.7 Å². The molecule has 24 heavy (non-hydrogen) atoms. The number of allylic oxidation sites excluding steroid dienone is 4. The molecule has 126 valence electrons. The lowest BCUT2D eigenvalue weighted by Crippen LogP contribution is -2.34. The van der Waals surface area contributed by atoms with Crippen LogP contribution in [-0.2, 0) is 4.79 Å². The van der Waals surface area contributed by atoms with Crippen molar-refractivity contribution in [3.8, 4) is 0 Å². The predicted octanol–water partition coefficient (Wildman–Crippen LogP) is 1.65. The first-order chi connectivity index (χ1) is 11.4. The van der Waals surface area contributed by atoms with E-state index in [-0.39, 0.29) is 18.1 Å². The summed E-state index contributed by atoms with van der Waals surface area (Å²) in [5.74, 6) is -0.841. The number of nitrogens with one attached hydrogen (secondary N) is 2. The summed E-state index contributed by atoms with van der Waals surface area (Å²) < 4.78 is 0. The molecule has 0 bridgehead atoms. The summed E-state index contributed by atoms with van der Waals surface area (Å²) in [5, 5.41) is 16.6. The Morgan fingerprint density at radius 3 is 2.50 bits per heavy atom. The summed E-state index contributed by atoms with van der Waals surface area (Å²) in [6, 6.07) is 8.52. The second-order valence-electron chi connectivity index (χ2n) is 4.82. The van der Waals surface area contributed by atoms with Crippen LogP contribution < -0.4 is 10.7 Å². The van der Waals surface area contributed by atoms with Crippen molar-refractivity contribution in [2.75, 3.05) is 6.54 Å². The normalized spacial score (nSPS) is 12.1. The van der Waals surface area contributed by atoms with E-state index < -0.39 is 10.8 Å². The van der Waals surface area contributed by atoms with Crippen LogP contribution in [0.5, 0.6) is 0 Å². The first kappa shape index (κ1) is 18.8. The Balaban J connectivity index is 2.40. The molecule has 0 unspecified atom stereocenters. The molecule has 0 aliphatic carbocycles. The number of carbonyl (C=O) groups excluding carboxylic acids is 2. The van der Waals surface area contributed by atoms with Gasteiger partial charge in [-0.2, -0.15) is 5.10 Å². The van der Waals surface area contributed by atoms with Gasteiger partial charge in [-0.25, -0.2) is 5.43 Å². The number of rotatable bonds is 7. The van der Waals surface area contributed by atoms with E-state index in [4.69, 9.17) is 0 Å². The monoisotopic (exact) mass is 330 g/mol. The minimum absolute atomic E-state index is 0.00425. The molecule has 1 aromatic rings. The second-order valence-corrected chi connectivity index (χ2v) is 4.82. The van der Waals surface area contributed by atoms with Crippen LogP contribution >= 0.6 is 0 Å². The Kier molecular flexibility index (Phi) is 7.56. The Morgan fingerprint density at radius 2 is 1.88 bits per heavy atom. The quantitative estimate of drug-likeness (QED) is 0.342. The first-order valence-corrected chi connectivity index (χ1v) is 7.05. The summed E-state index contributed by atoms with van der Waals surface area (Å²) in [4.78, 5) is 33.2. The fourth-order valence-electron chi connectivity index (χ4n) is 1.45. The third-order valence-corrected chi connectivity index (χ3v) is 2.78. The largest absolute Gasteiger partial charge is 0.343 e. The van der Waals surface area contributed by atoms with Gasteiger partial charge in [0.2, 0.25) is 5.70 Å². The van der Waals surface area contributed by atoms with Crippen LogP contribution in [0.1, 0.15) is 24.2 Å². The van der Waals surface area contributed by atoms with Crippen LogP contribution in [0.3, 0.4) is 0 Å². The van der Waals surface area contributed by atoms with Gasteiger partial charge in [-0.3, -0.25) is 19.7 Å². The van der Waals surface area contributed by atoms with E-state index in [9.17, 15) is 19.7 Å². The smallest absolute Gasteiger partial charge is 0.259 e. The molecule has 1 aromatic carbocycles. The fourth-order valence-corrected chi connectivity index (χ4v) is 1.45. The van der Waals surface area contributed by atoms with Crippen molar-refractivity contribution in [3.63, 3.8) is 0 Å². The van der Waals surface area contributed by atoms with Gasteiger partial charge in [0, 0.05) is 18.6 Å². The Labute approximate surface area is 139 Å². The highest BCUT2D eigenvalue weighted by Crippen LogP contribution is 1.97. The third kappa shape index (κ3) is 7.12. The molecule has 0 saturated carbocycles. The maximum absolute atomic E-state index is 11.7. The second kappa shape index (κ2) is 9.67. The summed E-state index contributed by atoms with van der Waals surface area (Å²) in [6.07, 6.45) is 4.19. The topological polar surface area (TPSA) is 114 Å². The lowest BCUT2D eigenvalue weighted by Gasteiger charge is -2.03.